The molecule has 0 spiro atoms. The van der Waals surface area contributed by atoms with Gasteiger partial charge in [0.15, 0.2) is 0 Å². The molecule has 0 unspecified atom stereocenters. The Balaban J connectivity index is 2.66. The summed E-state index contributed by atoms with van der Waals surface area (Å²) < 4.78 is 0. The highest BCUT2D eigenvalue weighted by molar-refractivity contribution is 6.02. The molecule has 88 valence electrons. The number of carbonyl (C=O) groups excluding carboxylic acids is 1. The number of anilines is 1. The molecule has 1 rings (SSSR count). The quantitative estimate of drug-likeness (QED) is 0.674. The predicted octanol–water partition coefficient (Wildman–Crippen LogP) is 0.964. The van der Waals surface area contributed by atoms with Crippen LogP contribution < -0.4 is 5.32 Å². The molecule has 0 bridgehead atoms. The van der Waals surface area contributed by atoms with Crippen molar-refractivity contribution in [3.63, 3.8) is 0 Å². The van der Waals surface area contributed by atoms with Crippen LogP contribution in [0.4, 0.5) is 5.69 Å². The van der Waals surface area contributed by atoms with Gasteiger partial charge in [-0.2, -0.15) is 0 Å². The average Bonchev–Trinajstić information content (AvgIpc) is 2.27. The van der Waals surface area contributed by atoms with Crippen molar-refractivity contribution < 1.29 is 24.6 Å². The number of aromatic carboxylic acids is 1. The molecule has 0 saturated heterocycles. The Morgan fingerprint density at radius 2 is 1.59 bits per heavy atom. The van der Waals surface area contributed by atoms with E-state index in [1.807, 2.05) is 0 Å². The highest BCUT2D eigenvalue weighted by Gasteiger charge is 2.03. The van der Waals surface area contributed by atoms with E-state index in [9.17, 15) is 14.4 Å². The van der Waals surface area contributed by atoms with Crippen LogP contribution >= 0.6 is 0 Å². The number of rotatable bonds is 4. The van der Waals surface area contributed by atoms with Gasteiger partial charge in [-0.3, -0.25) is 4.79 Å². The molecule has 17 heavy (non-hydrogen) atoms. The second-order valence-electron chi connectivity index (χ2n) is 3.04. The van der Waals surface area contributed by atoms with Gasteiger partial charge < -0.3 is 15.5 Å². The molecule has 0 aromatic heterocycles. The molecule has 0 atom stereocenters. The van der Waals surface area contributed by atoms with E-state index in [2.05, 4.69) is 5.32 Å². The molecule has 6 nitrogen and oxygen atoms in total. The zero-order valence-corrected chi connectivity index (χ0v) is 8.58. The highest BCUT2D eigenvalue weighted by atomic mass is 16.4. The number of carboxylic acids is 2. The summed E-state index contributed by atoms with van der Waals surface area (Å²) in [5, 5.41) is 19.3. The number of benzene rings is 1. The Hall–Kier alpha value is -2.63. The van der Waals surface area contributed by atoms with Gasteiger partial charge in [-0.25, -0.2) is 9.59 Å². The second kappa shape index (κ2) is 5.45. The Bertz CT molecular complexity index is 475. The standard InChI is InChI=1S/C11H9NO5/c13-9(5-6-10(14)15)12-8-3-1-7(2-4-8)11(16)17/h1-6H,(H,12,13)(H,14,15)(H,16,17)/b6-5-. The fourth-order valence-corrected chi connectivity index (χ4v) is 1.03. The Morgan fingerprint density at radius 3 is 2.06 bits per heavy atom. The molecule has 0 heterocycles. The van der Waals surface area contributed by atoms with E-state index >= 15 is 0 Å². The lowest BCUT2D eigenvalue weighted by Gasteiger charge is -2.01. The van der Waals surface area contributed by atoms with Crippen molar-refractivity contribution >= 4 is 23.5 Å². The number of aliphatic carboxylic acids is 1. The average molecular weight is 235 g/mol. The third-order valence-corrected chi connectivity index (χ3v) is 1.78. The smallest absolute Gasteiger partial charge is 0.335 e. The molecule has 0 aliphatic rings. The van der Waals surface area contributed by atoms with Crippen molar-refractivity contribution in [1.82, 2.24) is 0 Å². The summed E-state index contributed by atoms with van der Waals surface area (Å²) in [5.74, 6) is -2.88. The minimum absolute atomic E-state index is 0.101. The van der Waals surface area contributed by atoms with Crippen LogP contribution in [0.15, 0.2) is 36.4 Å². The second-order valence-corrected chi connectivity index (χ2v) is 3.04. The summed E-state index contributed by atoms with van der Waals surface area (Å²) in [6, 6.07) is 5.49. The van der Waals surface area contributed by atoms with Gasteiger partial charge in [0, 0.05) is 17.8 Å². The maximum absolute atomic E-state index is 11.2. The van der Waals surface area contributed by atoms with Gasteiger partial charge in [0.05, 0.1) is 5.56 Å². The van der Waals surface area contributed by atoms with Crippen LogP contribution in [0.25, 0.3) is 0 Å². The molecule has 6 heteroatoms. The number of hydrogen-bond acceptors (Lipinski definition) is 3. The molecule has 0 fully saturated rings. The van der Waals surface area contributed by atoms with Crippen molar-refractivity contribution in [2.75, 3.05) is 5.32 Å². The Morgan fingerprint density at radius 1 is 1.00 bits per heavy atom. The zero-order chi connectivity index (χ0) is 12.8. The number of carboxylic acid groups (broad SMARTS) is 2. The monoisotopic (exact) mass is 235 g/mol. The molecule has 0 saturated carbocycles. The first kappa shape index (κ1) is 12.4. The number of nitrogens with one attached hydrogen (secondary N) is 1. The molecule has 3 N–H and O–H groups in total. The topological polar surface area (TPSA) is 104 Å². The first-order chi connectivity index (χ1) is 7.99. The molecule has 0 aliphatic carbocycles. The lowest BCUT2D eigenvalue weighted by molar-refractivity contribution is -0.131. The number of hydrogen-bond donors (Lipinski definition) is 3. The minimum Gasteiger partial charge on any atom is -0.478 e. The van der Waals surface area contributed by atoms with E-state index in [4.69, 9.17) is 10.2 Å². The van der Waals surface area contributed by atoms with Crippen molar-refractivity contribution in [3.8, 4) is 0 Å². The summed E-state index contributed by atoms with van der Waals surface area (Å²) in [7, 11) is 0. The van der Waals surface area contributed by atoms with Crippen molar-refractivity contribution in [3.05, 3.63) is 42.0 Å². The summed E-state index contributed by atoms with van der Waals surface area (Å²) in [4.78, 5) is 31.8. The zero-order valence-electron chi connectivity index (χ0n) is 8.58. The summed E-state index contributed by atoms with van der Waals surface area (Å²) >= 11 is 0. The molecule has 1 aromatic rings. The van der Waals surface area contributed by atoms with Crippen LogP contribution in [0.2, 0.25) is 0 Å². The van der Waals surface area contributed by atoms with Crippen molar-refractivity contribution in [1.29, 1.82) is 0 Å². The van der Waals surface area contributed by atoms with E-state index in [1.165, 1.54) is 24.3 Å². The lowest BCUT2D eigenvalue weighted by Crippen LogP contribution is -2.08. The molecule has 1 amide bonds. The van der Waals surface area contributed by atoms with Gasteiger partial charge in [-0.05, 0) is 24.3 Å². The summed E-state index contributed by atoms with van der Waals surface area (Å²) in [6.07, 6.45) is 1.58. The van der Waals surface area contributed by atoms with Crippen molar-refractivity contribution in [2.24, 2.45) is 0 Å². The van der Waals surface area contributed by atoms with Crippen LogP contribution in [0.3, 0.4) is 0 Å². The minimum atomic E-state index is -1.22. The maximum Gasteiger partial charge on any atom is 0.335 e. The first-order valence-electron chi connectivity index (χ1n) is 4.54. The fraction of sp³-hybridized carbons (Fsp3) is 0. The molecule has 0 aliphatic heterocycles. The summed E-state index contributed by atoms with van der Waals surface area (Å²) in [5.41, 5.74) is 0.485. The fourth-order valence-electron chi connectivity index (χ4n) is 1.03. The van der Waals surface area contributed by atoms with Gasteiger partial charge in [0.25, 0.3) is 0 Å². The summed E-state index contributed by atoms with van der Waals surface area (Å²) in [6.45, 7) is 0. The van der Waals surface area contributed by atoms with Gasteiger partial charge in [0.1, 0.15) is 0 Å². The molecule has 0 radical (unpaired) electrons. The highest BCUT2D eigenvalue weighted by Crippen LogP contribution is 2.09. The van der Waals surface area contributed by atoms with E-state index in [-0.39, 0.29) is 5.56 Å². The molecular weight excluding hydrogens is 226 g/mol. The van der Waals surface area contributed by atoms with Gasteiger partial charge in [0.2, 0.25) is 5.91 Å². The predicted molar refractivity (Wildman–Crippen MR) is 58.8 cm³/mol. The normalized spacial score (nSPS) is 10.1. The van der Waals surface area contributed by atoms with Crippen LogP contribution in [0.1, 0.15) is 10.4 Å². The molecule has 1 aromatic carbocycles. The van der Waals surface area contributed by atoms with Crippen LogP contribution in [-0.4, -0.2) is 28.1 Å². The Kier molecular flexibility index (Phi) is 3.99. The van der Waals surface area contributed by atoms with Crippen LogP contribution in [0.5, 0.6) is 0 Å². The van der Waals surface area contributed by atoms with Gasteiger partial charge in [-0.15, -0.1) is 0 Å². The number of amides is 1. The van der Waals surface area contributed by atoms with Gasteiger partial charge >= 0.3 is 11.9 Å². The van der Waals surface area contributed by atoms with E-state index < -0.39 is 17.8 Å². The van der Waals surface area contributed by atoms with E-state index in [1.54, 1.807) is 0 Å². The third-order valence-electron chi connectivity index (χ3n) is 1.78. The largest absolute Gasteiger partial charge is 0.478 e. The third kappa shape index (κ3) is 4.17. The number of carbonyl (C=O) groups is 3. The van der Waals surface area contributed by atoms with Crippen molar-refractivity contribution in [2.45, 2.75) is 0 Å². The lowest BCUT2D eigenvalue weighted by atomic mass is 10.2. The van der Waals surface area contributed by atoms with E-state index in [0.717, 1.165) is 6.08 Å². The SMILES string of the molecule is O=C(O)/C=C\C(=O)Nc1ccc(C(=O)O)cc1. The van der Waals surface area contributed by atoms with E-state index in [0.29, 0.717) is 11.8 Å². The van der Waals surface area contributed by atoms with Crippen LogP contribution in [-0.2, 0) is 9.59 Å². The molecular formula is C11H9NO5. The van der Waals surface area contributed by atoms with Crippen LogP contribution in [0, 0.1) is 0 Å². The first-order valence-corrected chi connectivity index (χ1v) is 4.54. The maximum atomic E-state index is 11.2. The van der Waals surface area contributed by atoms with Gasteiger partial charge in [-0.1, -0.05) is 0 Å². The Labute approximate surface area is 96.2 Å².